The first kappa shape index (κ1) is 23.2. The Balaban J connectivity index is 0.00000300. The van der Waals surface area contributed by atoms with Gasteiger partial charge in [-0.15, -0.1) is 5.11 Å². The van der Waals surface area contributed by atoms with Crippen LogP contribution < -0.4 is 5.73 Å². The predicted octanol–water partition coefficient (Wildman–Crippen LogP) is 2.39. The molecule has 0 fully saturated rings. The minimum absolute atomic E-state index is 0. The zero-order valence-corrected chi connectivity index (χ0v) is 15.5. The van der Waals surface area contributed by atoms with Crippen molar-refractivity contribution in [2.24, 2.45) is 10.2 Å². The fraction of sp³-hybridized carbons (Fsp3) is 0. The van der Waals surface area contributed by atoms with Gasteiger partial charge < -0.3 is 10.8 Å². The fourth-order valence-corrected chi connectivity index (χ4v) is 3.75. The number of phenolic OH excluding ortho intramolecular Hbond substituents is 1. The molecule has 29 heavy (non-hydrogen) atoms. The van der Waals surface area contributed by atoms with Crippen molar-refractivity contribution in [3.63, 3.8) is 0 Å². The van der Waals surface area contributed by atoms with Gasteiger partial charge in [0.1, 0.15) is 10.6 Å². The Bertz CT molecular complexity index is 1330. The summed E-state index contributed by atoms with van der Waals surface area (Å²) in [4.78, 5) is -1.43. The van der Waals surface area contributed by atoms with Crippen LogP contribution in [0.25, 0.3) is 10.8 Å². The molecule has 3 aromatic rings. The van der Waals surface area contributed by atoms with Crippen LogP contribution in [0.2, 0.25) is 0 Å². The predicted molar refractivity (Wildman–Crippen MR) is 107 cm³/mol. The normalized spacial score (nSPS) is 12.2. The van der Waals surface area contributed by atoms with E-state index in [2.05, 4.69) is 10.2 Å². The molecular formula is C16H14N3NaO7S2. The molecule has 0 spiro atoms. The zero-order chi connectivity index (χ0) is 20.7. The first-order chi connectivity index (χ1) is 13.0. The summed E-state index contributed by atoms with van der Waals surface area (Å²) >= 11 is 0. The number of benzene rings is 3. The van der Waals surface area contributed by atoms with Gasteiger partial charge in [0, 0.05) is 11.1 Å². The number of phenols is 1. The van der Waals surface area contributed by atoms with E-state index >= 15 is 0 Å². The molecule has 0 aliphatic carbocycles. The Kier molecular flexibility index (Phi) is 6.69. The number of fused-ring (bicyclic) bond motifs is 1. The van der Waals surface area contributed by atoms with E-state index in [0.717, 1.165) is 18.2 Å². The molecule has 0 heterocycles. The van der Waals surface area contributed by atoms with Gasteiger partial charge in [-0.3, -0.25) is 9.11 Å². The maximum atomic E-state index is 11.8. The molecule has 5 N–H and O–H groups in total. The van der Waals surface area contributed by atoms with E-state index < -0.39 is 41.5 Å². The summed E-state index contributed by atoms with van der Waals surface area (Å²) in [5.74, 6) is -0.732. The summed E-state index contributed by atoms with van der Waals surface area (Å²) in [6.07, 6.45) is 0. The first-order valence-corrected chi connectivity index (χ1v) is 10.4. The number of aromatic hydroxyl groups is 1. The number of nitrogens with zero attached hydrogens (tertiary/aromatic N) is 2. The molecule has 0 aliphatic rings. The maximum absolute atomic E-state index is 11.8. The van der Waals surface area contributed by atoms with Crippen molar-refractivity contribution in [1.29, 1.82) is 0 Å². The van der Waals surface area contributed by atoms with Gasteiger partial charge in [0.05, 0.1) is 10.6 Å². The molecule has 0 saturated heterocycles. The van der Waals surface area contributed by atoms with Gasteiger partial charge in [0.25, 0.3) is 20.2 Å². The van der Waals surface area contributed by atoms with Gasteiger partial charge in [-0.25, -0.2) is 0 Å². The van der Waals surface area contributed by atoms with E-state index in [4.69, 9.17) is 5.73 Å². The average Bonchev–Trinajstić information content (AvgIpc) is 2.59. The van der Waals surface area contributed by atoms with Crippen LogP contribution in [-0.4, -0.2) is 60.6 Å². The zero-order valence-electron chi connectivity index (χ0n) is 13.9. The van der Waals surface area contributed by atoms with E-state index in [9.17, 15) is 31.0 Å². The number of hydrogen-bond donors (Lipinski definition) is 4. The molecule has 0 aliphatic heterocycles. The van der Waals surface area contributed by atoms with Gasteiger partial charge in [-0.05, 0) is 35.7 Å². The Hall–Kier alpha value is -2.06. The molecular weight excluding hydrogens is 433 g/mol. The van der Waals surface area contributed by atoms with Crippen LogP contribution in [0.3, 0.4) is 0 Å². The monoisotopic (exact) mass is 447 g/mol. The molecule has 3 rings (SSSR count). The van der Waals surface area contributed by atoms with E-state index in [1.807, 2.05) is 0 Å². The Morgan fingerprint density at radius 2 is 1.48 bits per heavy atom. The van der Waals surface area contributed by atoms with E-state index in [1.165, 1.54) is 0 Å². The number of nitrogens with two attached hydrogens (primary N) is 1. The van der Waals surface area contributed by atoms with Crippen molar-refractivity contribution in [1.82, 2.24) is 0 Å². The molecule has 148 valence electrons. The fourth-order valence-electron chi connectivity index (χ4n) is 2.54. The number of hydrogen-bond acceptors (Lipinski definition) is 8. The van der Waals surface area contributed by atoms with Gasteiger partial charge in [-0.1, -0.05) is 18.2 Å². The molecule has 0 amide bonds. The molecule has 3 aromatic carbocycles. The van der Waals surface area contributed by atoms with Crippen LogP contribution in [0, 0.1) is 0 Å². The SMILES string of the molecule is Nc1cc(S(=O)(=O)O)cc2cc(S(=O)(=O)O)c(N=Nc3ccccc3)c(O)c12.[NaH]. The van der Waals surface area contributed by atoms with Crippen LogP contribution >= 0.6 is 0 Å². The second kappa shape index (κ2) is 8.36. The van der Waals surface area contributed by atoms with Crippen LogP contribution in [0.4, 0.5) is 17.1 Å². The van der Waals surface area contributed by atoms with E-state index in [-0.39, 0.29) is 46.0 Å². The Morgan fingerprint density at radius 3 is 2.03 bits per heavy atom. The first-order valence-electron chi connectivity index (χ1n) is 7.49. The van der Waals surface area contributed by atoms with E-state index in [1.54, 1.807) is 30.3 Å². The second-order valence-corrected chi connectivity index (χ2v) is 8.48. The summed E-state index contributed by atoms with van der Waals surface area (Å²) in [5, 5.41) is 17.8. The Labute approximate surface area is 187 Å². The third-order valence-corrected chi connectivity index (χ3v) is 5.45. The quantitative estimate of drug-likeness (QED) is 0.204. The topological polar surface area (TPSA) is 180 Å². The van der Waals surface area contributed by atoms with Crippen molar-refractivity contribution in [2.45, 2.75) is 9.79 Å². The molecule has 0 unspecified atom stereocenters. The van der Waals surface area contributed by atoms with Gasteiger partial charge in [0.2, 0.25) is 0 Å². The van der Waals surface area contributed by atoms with Crippen LogP contribution in [-0.2, 0) is 20.2 Å². The van der Waals surface area contributed by atoms with Crippen LogP contribution in [0.5, 0.6) is 5.75 Å². The van der Waals surface area contributed by atoms with Gasteiger partial charge in [0.15, 0.2) is 5.75 Å². The molecule has 0 saturated carbocycles. The molecule has 13 heteroatoms. The summed E-state index contributed by atoms with van der Waals surface area (Å²) in [5.41, 5.74) is 5.27. The third kappa shape index (κ3) is 4.93. The van der Waals surface area contributed by atoms with Crippen molar-refractivity contribution in [3.05, 3.63) is 48.5 Å². The molecule has 0 atom stereocenters. The average molecular weight is 447 g/mol. The molecule has 0 radical (unpaired) electrons. The van der Waals surface area contributed by atoms with Crippen LogP contribution in [0.1, 0.15) is 0 Å². The molecule has 0 bridgehead atoms. The minimum atomic E-state index is -4.88. The molecule has 10 nitrogen and oxygen atoms in total. The van der Waals surface area contributed by atoms with Crippen molar-refractivity contribution in [3.8, 4) is 5.75 Å². The number of azo groups is 1. The van der Waals surface area contributed by atoms with Crippen molar-refractivity contribution >= 4 is 77.6 Å². The number of anilines is 1. The Morgan fingerprint density at radius 1 is 0.862 bits per heavy atom. The summed E-state index contributed by atoms with van der Waals surface area (Å²) in [6, 6.07) is 10.8. The summed E-state index contributed by atoms with van der Waals surface area (Å²) in [7, 11) is -9.53. The summed E-state index contributed by atoms with van der Waals surface area (Å²) in [6.45, 7) is 0. The van der Waals surface area contributed by atoms with Gasteiger partial charge >= 0.3 is 29.6 Å². The van der Waals surface area contributed by atoms with Gasteiger partial charge in [-0.2, -0.15) is 21.9 Å². The second-order valence-electron chi connectivity index (χ2n) is 5.67. The van der Waals surface area contributed by atoms with Crippen molar-refractivity contribution < 1.29 is 31.0 Å². The van der Waals surface area contributed by atoms with E-state index in [0.29, 0.717) is 5.69 Å². The number of nitrogen functional groups attached to an aromatic ring is 1. The third-order valence-electron chi connectivity index (χ3n) is 3.75. The molecule has 0 aromatic heterocycles. The van der Waals surface area contributed by atoms with Crippen molar-refractivity contribution in [2.75, 3.05) is 5.73 Å². The summed E-state index contributed by atoms with van der Waals surface area (Å²) < 4.78 is 65.0. The van der Waals surface area contributed by atoms with Crippen LogP contribution in [0.15, 0.2) is 68.6 Å². The standard InChI is InChI=1S/C16H13N3O7S2.Na.H/c17-12-8-11(27(21,22)23)6-9-7-13(28(24,25)26)15(16(20)14(9)12)19-18-10-4-2-1-3-5-10;;/h1-8,20H,17H2,(H,21,22,23)(H,24,25,26);;. The number of rotatable bonds is 4.